The molecule has 0 aromatic carbocycles. The quantitative estimate of drug-likeness (QED) is 0.793. The number of nitrogens with one attached hydrogen (secondary N) is 1. The van der Waals surface area contributed by atoms with Gasteiger partial charge in [-0.3, -0.25) is 4.79 Å². The minimum absolute atomic E-state index is 0.0802. The van der Waals surface area contributed by atoms with Gasteiger partial charge in [-0.2, -0.15) is 5.26 Å². The lowest BCUT2D eigenvalue weighted by atomic mass is 9.96. The summed E-state index contributed by atoms with van der Waals surface area (Å²) in [5, 5.41) is 12.6. The van der Waals surface area contributed by atoms with Gasteiger partial charge in [0.1, 0.15) is 0 Å². The number of rotatable bonds is 3. The summed E-state index contributed by atoms with van der Waals surface area (Å²) in [4.78, 5) is 14.1. The van der Waals surface area contributed by atoms with Crippen molar-refractivity contribution in [3.05, 3.63) is 0 Å². The summed E-state index contributed by atoms with van der Waals surface area (Å²) in [6, 6.07) is 2.62. The predicted octanol–water partition coefficient (Wildman–Crippen LogP) is 2.06. The Balaban J connectivity index is 1.79. The van der Waals surface area contributed by atoms with Crippen LogP contribution >= 0.6 is 0 Å². The lowest BCUT2D eigenvalue weighted by Gasteiger charge is -2.28. The van der Waals surface area contributed by atoms with Gasteiger partial charge in [0.2, 0.25) is 5.91 Å². The topological polar surface area (TPSA) is 56.1 Å². The van der Waals surface area contributed by atoms with Crippen molar-refractivity contribution >= 4 is 5.91 Å². The molecular weight excluding hydrogens is 238 g/mol. The molecule has 2 atom stereocenters. The number of carbonyl (C=O) groups is 1. The first-order valence-corrected chi connectivity index (χ1v) is 7.72. The van der Waals surface area contributed by atoms with Crippen molar-refractivity contribution in [1.82, 2.24) is 10.2 Å². The number of nitriles is 1. The van der Waals surface area contributed by atoms with Crippen molar-refractivity contribution in [2.24, 2.45) is 5.92 Å². The first-order valence-electron chi connectivity index (χ1n) is 7.72. The van der Waals surface area contributed by atoms with Crippen LogP contribution in [0.4, 0.5) is 0 Å². The van der Waals surface area contributed by atoms with Gasteiger partial charge in [0, 0.05) is 19.1 Å². The second kappa shape index (κ2) is 7.49. The van der Waals surface area contributed by atoms with Crippen LogP contribution < -0.4 is 5.32 Å². The zero-order valence-electron chi connectivity index (χ0n) is 11.7. The Bertz CT molecular complexity index is 331. The van der Waals surface area contributed by atoms with Gasteiger partial charge in [-0.25, -0.2) is 0 Å². The van der Waals surface area contributed by atoms with E-state index in [2.05, 4.69) is 11.4 Å². The highest BCUT2D eigenvalue weighted by molar-refractivity contribution is 5.78. The Kier molecular flexibility index (Phi) is 5.65. The summed E-state index contributed by atoms with van der Waals surface area (Å²) in [5.74, 6) is 0.289. The van der Waals surface area contributed by atoms with Crippen LogP contribution in [0.25, 0.3) is 0 Å². The Morgan fingerprint density at radius 3 is 2.53 bits per heavy atom. The fourth-order valence-corrected chi connectivity index (χ4v) is 3.18. The van der Waals surface area contributed by atoms with E-state index in [-0.39, 0.29) is 17.9 Å². The molecule has 2 aliphatic rings. The molecule has 1 aliphatic heterocycles. The molecule has 2 rings (SSSR count). The second-order valence-corrected chi connectivity index (χ2v) is 5.80. The third kappa shape index (κ3) is 4.21. The molecule has 0 aromatic rings. The number of nitrogens with zero attached hydrogens (tertiary/aromatic N) is 2. The third-order valence-electron chi connectivity index (χ3n) is 4.41. The highest BCUT2D eigenvalue weighted by Crippen LogP contribution is 2.22. The number of hydrogen-bond donors (Lipinski definition) is 1. The molecule has 0 radical (unpaired) electrons. The molecule has 1 amide bonds. The van der Waals surface area contributed by atoms with Gasteiger partial charge in [0.05, 0.1) is 18.5 Å². The minimum Gasteiger partial charge on any atom is -0.342 e. The number of amides is 1. The van der Waals surface area contributed by atoms with Gasteiger partial charge in [-0.1, -0.05) is 19.3 Å². The molecule has 1 aliphatic carbocycles. The van der Waals surface area contributed by atoms with Gasteiger partial charge < -0.3 is 10.2 Å². The maximum Gasteiger partial charge on any atom is 0.236 e. The van der Waals surface area contributed by atoms with Crippen LogP contribution in [0.1, 0.15) is 51.4 Å². The smallest absolute Gasteiger partial charge is 0.236 e. The molecule has 0 spiro atoms. The van der Waals surface area contributed by atoms with Crippen LogP contribution in [0.2, 0.25) is 0 Å². The van der Waals surface area contributed by atoms with E-state index in [0.717, 1.165) is 45.2 Å². The van der Waals surface area contributed by atoms with E-state index in [1.54, 1.807) is 0 Å². The minimum atomic E-state index is 0.0802. The highest BCUT2D eigenvalue weighted by atomic mass is 16.2. The Morgan fingerprint density at radius 1 is 1.11 bits per heavy atom. The van der Waals surface area contributed by atoms with Crippen LogP contribution in [-0.2, 0) is 4.79 Å². The van der Waals surface area contributed by atoms with Crippen molar-refractivity contribution < 1.29 is 4.79 Å². The van der Waals surface area contributed by atoms with Crippen LogP contribution in [0, 0.1) is 17.2 Å². The van der Waals surface area contributed by atoms with Crippen LogP contribution in [0.15, 0.2) is 0 Å². The van der Waals surface area contributed by atoms with E-state index in [1.807, 2.05) is 4.90 Å². The zero-order valence-corrected chi connectivity index (χ0v) is 11.7. The first-order chi connectivity index (χ1) is 9.31. The maximum absolute atomic E-state index is 12.1. The monoisotopic (exact) mass is 263 g/mol. The molecule has 1 saturated carbocycles. The second-order valence-electron chi connectivity index (χ2n) is 5.80. The van der Waals surface area contributed by atoms with E-state index in [1.165, 1.54) is 19.3 Å². The summed E-state index contributed by atoms with van der Waals surface area (Å²) in [5.41, 5.74) is 0. The lowest BCUT2D eigenvalue weighted by Crippen LogP contribution is -2.45. The molecule has 0 aromatic heterocycles. The predicted molar refractivity (Wildman–Crippen MR) is 74.4 cm³/mol. The van der Waals surface area contributed by atoms with Crippen LogP contribution in [-0.4, -0.2) is 36.5 Å². The number of carbonyl (C=O) groups excluding carboxylic acids is 1. The van der Waals surface area contributed by atoms with Gasteiger partial charge >= 0.3 is 0 Å². The average Bonchev–Trinajstić information content (AvgIpc) is 2.70. The van der Waals surface area contributed by atoms with E-state index < -0.39 is 0 Å². The Labute approximate surface area is 116 Å². The molecule has 1 heterocycles. The van der Waals surface area contributed by atoms with E-state index >= 15 is 0 Å². The molecular formula is C15H25N3O. The standard InChI is InChI=1S/C15H25N3O/c16-11-13-7-3-1-4-8-14(13)17-12-15(19)18-9-5-2-6-10-18/h13-14,17H,1-10,12H2. The van der Waals surface area contributed by atoms with E-state index in [9.17, 15) is 10.1 Å². The summed E-state index contributed by atoms with van der Waals surface area (Å²) in [7, 11) is 0. The highest BCUT2D eigenvalue weighted by Gasteiger charge is 2.24. The number of hydrogen-bond acceptors (Lipinski definition) is 3. The molecule has 0 bridgehead atoms. The van der Waals surface area contributed by atoms with Crippen molar-refractivity contribution in [2.75, 3.05) is 19.6 Å². The largest absolute Gasteiger partial charge is 0.342 e. The van der Waals surface area contributed by atoms with E-state index in [4.69, 9.17) is 0 Å². The van der Waals surface area contributed by atoms with Gasteiger partial charge in [0.15, 0.2) is 0 Å². The lowest BCUT2D eigenvalue weighted by molar-refractivity contribution is -0.131. The zero-order chi connectivity index (χ0) is 13.5. The molecule has 19 heavy (non-hydrogen) atoms. The summed E-state index contributed by atoms with van der Waals surface area (Å²) >= 11 is 0. The van der Waals surface area contributed by atoms with Crippen molar-refractivity contribution in [1.29, 1.82) is 5.26 Å². The molecule has 4 heteroatoms. The summed E-state index contributed by atoms with van der Waals surface area (Å²) in [6.07, 6.45) is 9.07. The SMILES string of the molecule is N#CC1CCCCCC1NCC(=O)N1CCCCC1. The molecule has 4 nitrogen and oxygen atoms in total. The number of likely N-dealkylation sites (tertiary alicyclic amines) is 1. The average molecular weight is 263 g/mol. The summed E-state index contributed by atoms with van der Waals surface area (Å²) in [6.45, 7) is 2.22. The van der Waals surface area contributed by atoms with Crippen molar-refractivity contribution in [2.45, 2.75) is 57.4 Å². The fraction of sp³-hybridized carbons (Fsp3) is 0.867. The van der Waals surface area contributed by atoms with Crippen molar-refractivity contribution in [3.8, 4) is 6.07 Å². The van der Waals surface area contributed by atoms with Crippen molar-refractivity contribution in [3.63, 3.8) is 0 Å². The van der Waals surface area contributed by atoms with Crippen LogP contribution in [0.5, 0.6) is 0 Å². The Hall–Kier alpha value is -1.08. The summed E-state index contributed by atoms with van der Waals surface area (Å²) < 4.78 is 0. The number of piperidine rings is 1. The van der Waals surface area contributed by atoms with Gasteiger partial charge in [0.25, 0.3) is 0 Å². The third-order valence-corrected chi connectivity index (χ3v) is 4.41. The van der Waals surface area contributed by atoms with E-state index in [0.29, 0.717) is 6.54 Å². The Morgan fingerprint density at radius 2 is 1.79 bits per heavy atom. The molecule has 2 fully saturated rings. The maximum atomic E-state index is 12.1. The normalized spacial score (nSPS) is 28.5. The molecule has 106 valence electrons. The van der Waals surface area contributed by atoms with Gasteiger partial charge in [-0.05, 0) is 32.1 Å². The fourth-order valence-electron chi connectivity index (χ4n) is 3.18. The molecule has 1 saturated heterocycles. The van der Waals surface area contributed by atoms with Gasteiger partial charge in [-0.15, -0.1) is 0 Å². The molecule has 1 N–H and O–H groups in total. The van der Waals surface area contributed by atoms with Crippen LogP contribution in [0.3, 0.4) is 0 Å². The molecule has 2 unspecified atom stereocenters. The first kappa shape index (κ1) is 14.3.